The van der Waals surface area contributed by atoms with Gasteiger partial charge in [0.1, 0.15) is 6.61 Å². The number of rotatable bonds is 40. The molecule has 1 unspecified atom stereocenters. The van der Waals surface area contributed by atoms with Crippen molar-refractivity contribution in [3.63, 3.8) is 0 Å². The lowest BCUT2D eigenvalue weighted by atomic mass is 10.0. The van der Waals surface area contributed by atoms with E-state index in [0.717, 1.165) is 44.9 Å². The lowest BCUT2D eigenvalue weighted by molar-refractivity contribution is -0.161. The van der Waals surface area contributed by atoms with Crippen LogP contribution in [0.25, 0.3) is 0 Å². The summed E-state index contributed by atoms with van der Waals surface area (Å²) in [5, 5.41) is 0. The number of carbonyl (C=O) groups excluding carboxylic acids is 2. The number of hydrogen-bond acceptors (Lipinski definition) is 8. The van der Waals surface area contributed by atoms with E-state index < -0.39 is 32.5 Å². The molecule has 0 amide bonds. The van der Waals surface area contributed by atoms with E-state index >= 15 is 0 Å². The summed E-state index contributed by atoms with van der Waals surface area (Å²) in [7, 11) is -4.40. The van der Waals surface area contributed by atoms with Crippen LogP contribution in [0.5, 0.6) is 0 Å². The van der Waals surface area contributed by atoms with Gasteiger partial charge in [-0.2, -0.15) is 0 Å². The van der Waals surface area contributed by atoms with Crippen LogP contribution in [-0.2, 0) is 32.7 Å². The average molecular weight is 794 g/mol. The van der Waals surface area contributed by atoms with E-state index in [2.05, 4.69) is 62.5 Å². The third kappa shape index (κ3) is 41.2. The van der Waals surface area contributed by atoms with Gasteiger partial charge in [-0.1, -0.05) is 177 Å². The SMILES string of the molecule is CCCCC/C=C/C/C=C/C/C=C/C/C=C/C/C=C/CCC(=O)O[C@H](COC(=O)CCCCCCCCCCCCCCCCC)COP(=O)(O)OCCN. The van der Waals surface area contributed by atoms with Crippen molar-refractivity contribution in [3.8, 4) is 0 Å². The van der Waals surface area contributed by atoms with Gasteiger partial charge in [-0.05, 0) is 51.4 Å². The van der Waals surface area contributed by atoms with Gasteiger partial charge in [0.15, 0.2) is 6.10 Å². The molecule has 3 N–H and O–H groups in total. The van der Waals surface area contributed by atoms with E-state index in [4.69, 9.17) is 24.3 Å². The van der Waals surface area contributed by atoms with Gasteiger partial charge < -0.3 is 20.1 Å². The number of carbonyl (C=O) groups is 2. The zero-order valence-corrected chi connectivity index (χ0v) is 35.8. The topological polar surface area (TPSA) is 134 Å². The number of phosphoric ester groups is 1. The Balaban J connectivity index is 4.29. The Morgan fingerprint density at radius 1 is 0.545 bits per heavy atom. The Morgan fingerprint density at radius 3 is 1.47 bits per heavy atom. The van der Waals surface area contributed by atoms with Crippen LogP contribution in [0.3, 0.4) is 0 Å². The first-order valence-electron chi connectivity index (χ1n) is 21.8. The Bertz CT molecular complexity index is 1090. The molecule has 0 rings (SSSR count). The van der Waals surface area contributed by atoms with E-state index in [1.165, 1.54) is 103 Å². The summed E-state index contributed by atoms with van der Waals surface area (Å²) >= 11 is 0. The maximum atomic E-state index is 12.5. The van der Waals surface area contributed by atoms with Crippen LogP contribution in [-0.4, -0.2) is 49.3 Å². The van der Waals surface area contributed by atoms with Crippen molar-refractivity contribution in [2.24, 2.45) is 5.73 Å². The number of ether oxygens (including phenoxy) is 2. The molecular weight excluding hydrogens is 713 g/mol. The second-order valence-corrected chi connectivity index (χ2v) is 15.7. The van der Waals surface area contributed by atoms with Crippen LogP contribution in [0, 0.1) is 0 Å². The largest absolute Gasteiger partial charge is 0.472 e. The molecule has 0 aliphatic heterocycles. The number of unbranched alkanes of at least 4 members (excludes halogenated alkanes) is 17. The van der Waals surface area contributed by atoms with Gasteiger partial charge in [-0.25, -0.2) is 4.57 Å². The summed E-state index contributed by atoms with van der Waals surface area (Å²) < 4.78 is 32.7. The van der Waals surface area contributed by atoms with E-state index in [9.17, 15) is 19.0 Å². The van der Waals surface area contributed by atoms with Gasteiger partial charge in [0, 0.05) is 19.4 Å². The maximum absolute atomic E-state index is 12.5. The smallest absolute Gasteiger partial charge is 0.462 e. The number of esters is 2. The highest BCUT2D eigenvalue weighted by atomic mass is 31.2. The normalized spacial score (nSPS) is 13.9. The molecule has 0 saturated carbocycles. The van der Waals surface area contributed by atoms with E-state index in [0.29, 0.717) is 6.42 Å². The van der Waals surface area contributed by atoms with Crippen molar-refractivity contribution in [2.45, 2.75) is 187 Å². The van der Waals surface area contributed by atoms with Crippen molar-refractivity contribution in [1.29, 1.82) is 0 Å². The first kappa shape index (κ1) is 52.7. The molecule has 0 radical (unpaired) electrons. The lowest BCUT2D eigenvalue weighted by Gasteiger charge is -2.19. The fourth-order valence-electron chi connectivity index (χ4n) is 5.68. The zero-order valence-electron chi connectivity index (χ0n) is 34.9. The Kier molecular flexibility index (Phi) is 39.6. The molecule has 318 valence electrons. The molecule has 0 saturated heterocycles. The minimum atomic E-state index is -4.40. The molecule has 0 heterocycles. The summed E-state index contributed by atoms with van der Waals surface area (Å²) in [5.41, 5.74) is 5.34. The lowest BCUT2D eigenvalue weighted by Crippen LogP contribution is -2.29. The van der Waals surface area contributed by atoms with Crippen molar-refractivity contribution in [2.75, 3.05) is 26.4 Å². The third-order valence-corrected chi connectivity index (χ3v) is 9.90. The van der Waals surface area contributed by atoms with Gasteiger partial charge in [-0.15, -0.1) is 0 Å². The monoisotopic (exact) mass is 794 g/mol. The van der Waals surface area contributed by atoms with Crippen molar-refractivity contribution >= 4 is 19.8 Å². The summed E-state index contributed by atoms with van der Waals surface area (Å²) in [6.45, 7) is 3.62. The Labute approximate surface area is 336 Å². The summed E-state index contributed by atoms with van der Waals surface area (Å²) in [4.78, 5) is 34.8. The molecule has 0 bridgehead atoms. The van der Waals surface area contributed by atoms with E-state index in [-0.39, 0.29) is 32.6 Å². The molecule has 55 heavy (non-hydrogen) atoms. The first-order valence-corrected chi connectivity index (χ1v) is 23.3. The van der Waals surface area contributed by atoms with Gasteiger partial charge in [0.2, 0.25) is 0 Å². The predicted molar refractivity (Wildman–Crippen MR) is 229 cm³/mol. The molecule has 0 aliphatic rings. The number of hydrogen-bond donors (Lipinski definition) is 2. The standard InChI is InChI=1S/C45H80NO8P/c1-3-5-7-9-11-13-15-17-19-20-21-22-24-26-28-30-32-34-36-38-45(48)54-43(42-53-55(49,50)52-40-39-46)41-51-44(47)37-35-33-31-29-27-25-23-18-16-14-12-10-8-6-4-2/h11,13,17,19,21-22,26,28,32,34,43H,3-10,12,14-16,18,20,23-25,27,29-31,33,35-42,46H2,1-2H3,(H,49,50)/b13-11+,19-17+,22-21+,28-26+,34-32+/t43-/m1/s1. The minimum absolute atomic E-state index is 0.0409. The third-order valence-electron chi connectivity index (χ3n) is 8.92. The average Bonchev–Trinajstić information content (AvgIpc) is 3.17. The molecule has 0 aromatic rings. The fourth-order valence-corrected chi connectivity index (χ4v) is 6.44. The predicted octanol–water partition coefficient (Wildman–Crippen LogP) is 12.5. The zero-order chi connectivity index (χ0) is 40.3. The highest BCUT2D eigenvalue weighted by Gasteiger charge is 2.25. The Morgan fingerprint density at radius 2 is 0.982 bits per heavy atom. The van der Waals surface area contributed by atoms with Crippen LogP contribution in [0.4, 0.5) is 0 Å². The second kappa shape index (κ2) is 41.3. The van der Waals surface area contributed by atoms with Gasteiger partial charge in [0.05, 0.1) is 13.2 Å². The van der Waals surface area contributed by atoms with Crippen LogP contribution in [0.1, 0.15) is 181 Å². The summed E-state index contributed by atoms with van der Waals surface area (Å²) in [5.74, 6) is -0.924. The highest BCUT2D eigenvalue weighted by Crippen LogP contribution is 2.43. The van der Waals surface area contributed by atoms with Gasteiger partial charge >= 0.3 is 19.8 Å². The quantitative estimate of drug-likeness (QED) is 0.0269. The summed E-state index contributed by atoms with van der Waals surface area (Å²) in [6, 6.07) is 0. The molecular formula is C45H80NO8P. The van der Waals surface area contributed by atoms with E-state index in [1.807, 2.05) is 12.2 Å². The number of phosphoric acid groups is 1. The highest BCUT2D eigenvalue weighted by molar-refractivity contribution is 7.47. The summed E-state index contributed by atoms with van der Waals surface area (Å²) in [6.07, 6.45) is 48.3. The maximum Gasteiger partial charge on any atom is 0.472 e. The minimum Gasteiger partial charge on any atom is -0.462 e. The molecule has 0 aromatic carbocycles. The number of nitrogens with two attached hydrogens (primary N) is 1. The van der Waals surface area contributed by atoms with E-state index in [1.54, 1.807) is 0 Å². The van der Waals surface area contributed by atoms with Crippen molar-refractivity contribution in [1.82, 2.24) is 0 Å². The van der Waals surface area contributed by atoms with Crippen molar-refractivity contribution in [3.05, 3.63) is 60.8 Å². The molecule has 10 heteroatoms. The van der Waals surface area contributed by atoms with Crippen LogP contribution < -0.4 is 5.73 Å². The van der Waals surface area contributed by atoms with Crippen LogP contribution in [0.15, 0.2) is 60.8 Å². The van der Waals surface area contributed by atoms with Crippen LogP contribution in [0.2, 0.25) is 0 Å². The molecule has 0 fully saturated rings. The molecule has 2 atom stereocenters. The Hall–Kier alpha value is -2.29. The number of allylic oxidation sites excluding steroid dienone is 10. The van der Waals surface area contributed by atoms with Gasteiger partial charge in [0.25, 0.3) is 0 Å². The second-order valence-electron chi connectivity index (χ2n) is 14.2. The van der Waals surface area contributed by atoms with Gasteiger partial charge in [-0.3, -0.25) is 18.6 Å². The fraction of sp³-hybridized carbons (Fsp3) is 0.733. The molecule has 0 aromatic heterocycles. The molecule has 0 aliphatic carbocycles. The first-order chi connectivity index (χ1) is 26.8. The van der Waals surface area contributed by atoms with Crippen LogP contribution >= 0.6 is 7.82 Å². The molecule has 9 nitrogen and oxygen atoms in total. The molecule has 0 spiro atoms. The van der Waals surface area contributed by atoms with Crippen molar-refractivity contribution < 1.29 is 37.6 Å².